The van der Waals surface area contributed by atoms with Crippen LogP contribution >= 0.6 is 0 Å². The van der Waals surface area contributed by atoms with E-state index in [0.717, 1.165) is 17.5 Å². The molecule has 2 rings (SSSR count). The molecule has 0 amide bonds. The second-order valence-electron chi connectivity index (χ2n) is 5.36. The Balaban J connectivity index is 2.68. The van der Waals surface area contributed by atoms with Crippen molar-refractivity contribution >= 4 is 17.5 Å². The van der Waals surface area contributed by atoms with E-state index in [4.69, 9.17) is 9.47 Å². The van der Waals surface area contributed by atoms with Crippen LogP contribution in [0.3, 0.4) is 0 Å². The van der Waals surface area contributed by atoms with Gasteiger partial charge in [-0.3, -0.25) is 0 Å². The standard InChI is InChI=1S/C17H20O4/c1-10(2)11-6-5-7-13-12(11)8-9-14(16(18)20-3)15(13)17(19)21-4/h5-7,10H,8-9H2,1-4H3. The third kappa shape index (κ3) is 2.71. The van der Waals surface area contributed by atoms with E-state index in [1.54, 1.807) is 0 Å². The van der Waals surface area contributed by atoms with Crippen LogP contribution in [-0.4, -0.2) is 26.2 Å². The fourth-order valence-corrected chi connectivity index (χ4v) is 2.86. The topological polar surface area (TPSA) is 52.6 Å². The Morgan fingerprint density at radius 1 is 1.05 bits per heavy atom. The zero-order chi connectivity index (χ0) is 15.6. The van der Waals surface area contributed by atoms with Gasteiger partial charge in [0.15, 0.2) is 0 Å². The number of benzene rings is 1. The Kier molecular flexibility index (Phi) is 4.46. The number of ether oxygens (including phenoxy) is 2. The van der Waals surface area contributed by atoms with E-state index in [0.29, 0.717) is 23.5 Å². The van der Waals surface area contributed by atoms with Crippen molar-refractivity contribution in [2.24, 2.45) is 0 Å². The Morgan fingerprint density at radius 2 is 1.71 bits per heavy atom. The summed E-state index contributed by atoms with van der Waals surface area (Å²) in [6.07, 6.45) is 1.22. The molecule has 0 spiro atoms. The maximum absolute atomic E-state index is 12.2. The van der Waals surface area contributed by atoms with E-state index < -0.39 is 11.9 Å². The van der Waals surface area contributed by atoms with Crippen LogP contribution in [0.5, 0.6) is 0 Å². The number of hydrogen-bond donors (Lipinski definition) is 0. The smallest absolute Gasteiger partial charge is 0.339 e. The number of carbonyl (C=O) groups excluding carboxylic acids is 2. The molecule has 0 saturated heterocycles. The van der Waals surface area contributed by atoms with Crippen LogP contribution in [0.25, 0.3) is 5.57 Å². The molecular formula is C17H20O4. The summed E-state index contributed by atoms with van der Waals surface area (Å²) in [5, 5.41) is 0. The van der Waals surface area contributed by atoms with Crippen LogP contribution in [0.15, 0.2) is 23.8 Å². The van der Waals surface area contributed by atoms with Crippen molar-refractivity contribution in [1.29, 1.82) is 0 Å². The van der Waals surface area contributed by atoms with Crippen LogP contribution in [0, 0.1) is 0 Å². The fraction of sp³-hybridized carbons (Fsp3) is 0.412. The predicted molar refractivity (Wildman–Crippen MR) is 79.8 cm³/mol. The second-order valence-corrected chi connectivity index (χ2v) is 5.36. The van der Waals surface area contributed by atoms with Crippen LogP contribution < -0.4 is 0 Å². The van der Waals surface area contributed by atoms with E-state index in [9.17, 15) is 9.59 Å². The van der Waals surface area contributed by atoms with E-state index in [-0.39, 0.29) is 0 Å². The summed E-state index contributed by atoms with van der Waals surface area (Å²) in [5.74, 6) is -0.591. The van der Waals surface area contributed by atoms with Gasteiger partial charge in [-0.15, -0.1) is 0 Å². The van der Waals surface area contributed by atoms with Gasteiger partial charge in [-0.1, -0.05) is 32.0 Å². The maximum Gasteiger partial charge on any atom is 0.339 e. The highest BCUT2D eigenvalue weighted by Gasteiger charge is 2.30. The van der Waals surface area contributed by atoms with Crippen molar-refractivity contribution in [2.45, 2.75) is 32.6 Å². The lowest BCUT2D eigenvalue weighted by molar-refractivity contribution is -0.138. The number of methoxy groups -OCH3 is 2. The van der Waals surface area contributed by atoms with Gasteiger partial charge in [0.25, 0.3) is 0 Å². The molecule has 0 atom stereocenters. The highest BCUT2D eigenvalue weighted by molar-refractivity contribution is 6.23. The minimum atomic E-state index is -0.489. The highest BCUT2D eigenvalue weighted by atomic mass is 16.5. The average Bonchev–Trinajstić information content (AvgIpc) is 2.51. The Labute approximate surface area is 124 Å². The zero-order valence-electron chi connectivity index (χ0n) is 12.9. The summed E-state index contributed by atoms with van der Waals surface area (Å²) in [4.78, 5) is 24.1. The predicted octanol–water partition coefficient (Wildman–Crippen LogP) is 2.86. The molecular weight excluding hydrogens is 268 g/mol. The first kappa shape index (κ1) is 15.3. The normalized spacial score (nSPS) is 14.0. The summed E-state index contributed by atoms with van der Waals surface area (Å²) < 4.78 is 9.67. The van der Waals surface area contributed by atoms with Gasteiger partial charge in [0.2, 0.25) is 0 Å². The van der Waals surface area contributed by atoms with Crippen LogP contribution in [-0.2, 0) is 25.5 Å². The molecule has 112 valence electrons. The quantitative estimate of drug-likeness (QED) is 0.803. The molecule has 0 aromatic heterocycles. The van der Waals surface area contributed by atoms with E-state index >= 15 is 0 Å². The minimum absolute atomic E-state index is 0.341. The molecule has 0 aliphatic heterocycles. The zero-order valence-corrected chi connectivity index (χ0v) is 12.9. The molecule has 1 aliphatic carbocycles. The van der Waals surface area contributed by atoms with Gasteiger partial charge in [0.05, 0.1) is 25.4 Å². The first-order chi connectivity index (χ1) is 10.0. The van der Waals surface area contributed by atoms with Gasteiger partial charge >= 0.3 is 11.9 Å². The Morgan fingerprint density at radius 3 is 2.29 bits per heavy atom. The first-order valence-electron chi connectivity index (χ1n) is 7.03. The van der Waals surface area contributed by atoms with Gasteiger partial charge in [-0.05, 0) is 35.4 Å². The molecule has 0 saturated carbocycles. The van der Waals surface area contributed by atoms with Gasteiger partial charge in [0.1, 0.15) is 0 Å². The molecule has 4 nitrogen and oxygen atoms in total. The van der Waals surface area contributed by atoms with Crippen molar-refractivity contribution in [3.8, 4) is 0 Å². The lowest BCUT2D eigenvalue weighted by Gasteiger charge is -2.24. The molecule has 0 bridgehead atoms. The summed E-state index contributed by atoms with van der Waals surface area (Å²) >= 11 is 0. The monoisotopic (exact) mass is 288 g/mol. The van der Waals surface area contributed by atoms with Gasteiger partial charge in [-0.2, -0.15) is 0 Å². The summed E-state index contributed by atoms with van der Waals surface area (Å²) in [6.45, 7) is 4.24. The van der Waals surface area contributed by atoms with Crippen LogP contribution in [0.4, 0.5) is 0 Å². The SMILES string of the molecule is COC(=O)C1=C(C(=O)OC)c2cccc(C(C)C)c2CC1. The minimum Gasteiger partial charge on any atom is -0.466 e. The summed E-state index contributed by atoms with van der Waals surface area (Å²) in [5.41, 5.74) is 3.86. The molecule has 0 unspecified atom stereocenters. The summed E-state index contributed by atoms with van der Waals surface area (Å²) in [6, 6.07) is 5.86. The lowest BCUT2D eigenvalue weighted by atomic mass is 9.81. The van der Waals surface area contributed by atoms with Crippen molar-refractivity contribution in [1.82, 2.24) is 0 Å². The molecule has 1 aromatic carbocycles. The summed E-state index contributed by atoms with van der Waals surface area (Å²) in [7, 11) is 2.65. The lowest BCUT2D eigenvalue weighted by Crippen LogP contribution is -2.20. The van der Waals surface area contributed by atoms with Crippen molar-refractivity contribution < 1.29 is 19.1 Å². The maximum atomic E-state index is 12.2. The van der Waals surface area contributed by atoms with Crippen molar-refractivity contribution in [3.63, 3.8) is 0 Å². The second kappa shape index (κ2) is 6.12. The van der Waals surface area contributed by atoms with Crippen LogP contribution in [0.1, 0.15) is 42.9 Å². The largest absolute Gasteiger partial charge is 0.466 e. The van der Waals surface area contributed by atoms with Gasteiger partial charge in [-0.25, -0.2) is 9.59 Å². The highest BCUT2D eigenvalue weighted by Crippen LogP contribution is 2.36. The molecule has 0 fully saturated rings. The number of esters is 2. The molecule has 0 heterocycles. The number of hydrogen-bond acceptors (Lipinski definition) is 4. The third-order valence-corrected chi connectivity index (χ3v) is 3.85. The molecule has 21 heavy (non-hydrogen) atoms. The number of carbonyl (C=O) groups is 2. The molecule has 1 aromatic rings. The van der Waals surface area contributed by atoms with Crippen molar-refractivity contribution in [2.75, 3.05) is 14.2 Å². The molecule has 0 N–H and O–H groups in total. The van der Waals surface area contributed by atoms with Crippen LogP contribution in [0.2, 0.25) is 0 Å². The van der Waals surface area contributed by atoms with Crippen molar-refractivity contribution in [3.05, 3.63) is 40.5 Å². The Hall–Kier alpha value is -2.10. The molecule has 0 radical (unpaired) electrons. The van der Waals surface area contributed by atoms with E-state index in [1.807, 2.05) is 12.1 Å². The third-order valence-electron chi connectivity index (χ3n) is 3.85. The van der Waals surface area contributed by atoms with Gasteiger partial charge in [0, 0.05) is 0 Å². The molecule has 4 heteroatoms. The molecule has 1 aliphatic rings. The first-order valence-corrected chi connectivity index (χ1v) is 7.03. The average molecular weight is 288 g/mol. The van der Waals surface area contributed by atoms with E-state index in [2.05, 4.69) is 19.9 Å². The number of fused-ring (bicyclic) bond motifs is 1. The van der Waals surface area contributed by atoms with Gasteiger partial charge < -0.3 is 9.47 Å². The number of rotatable bonds is 3. The fourth-order valence-electron chi connectivity index (χ4n) is 2.86. The van der Waals surface area contributed by atoms with E-state index in [1.165, 1.54) is 19.8 Å². The Bertz CT molecular complexity index is 611.